The Morgan fingerprint density at radius 3 is 1.29 bits per heavy atom. The Kier molecular flexibility index (Phi) is 3.39. The van der Waals surface area contributed by atoms with Crippen LogP contribution in [0.15, 0.2) is 0 Å². The number of ketones is 2. The van der Waals surface area contributed by atoms with Gasteiger partial charge in [-0.25, -0.2) is 0 Å². The smallest absolute Gasteiger partial charge is 0.157 e. The summed E-state index contributed by atoms with van der Waals surface area (Å²) in [6.07, 6.45) is 0. The fraction of sp³-hybridized carbons (Fsp3) is 0.400. The van der Waals surface area contributed by atoms with Gasteiger partial charge in [-0.2, -0.15) is 0 Å². The molecule has 0 aliphatic heterocycles. The number of carbonyl (C=O) groups excluding carboxylic acids is 2. The Morgan fingerprint density at radius 1 is 0.786 bits per heavy atom. The zero-order valence-corrected chi connectivity index (χ0v) is 10.3. The first-order valence-electron chi connectivity index (χ1n) is 4.22. The molecule has 0 aromatic carbocycles. The van der Waals surface area contributed by atoms with Crippen molar-refractivity contribution in [1.29, 1.82) is 0 Å². The van der Waals surface area contributed by atoms with Crippen LogP contribution >= 0.6 is 22.7 Å². The van der Waals surface area contributed by atoms with Crippen LogP contribution < -0.4 is 7.69 Å². The second-order valence-electron chi connectivity index (χ2n) is 3.14. The Balaban J connectivity index is 3.22. The fourth-order valence-electron chi connectivity index (χ4n) is 0.770. The van der Waals surface area contributed by atoms with Gasteiger partial charge < -0.3 is 0 Å². The van der Waals surface area contributed by atoms with Gasteiger partial charge in [-0.1, -0.05) is 0 Å². The molecule has 4 heteroatoms. The molecular weight excluding hydrogens is 216 g/mol. The molecule has 0 aliphatic rings. The van der Waals surface area contributed by atoms with E-state index in [2.05, 4.69) is 0 Å². The lowest BCUT2D eigenvalue weighted by Crippen LogP contribution is -2.18. The fourth-order valence-corrected chi connectivity index (χ4v) is 3.06. The molecular formula is C10H12O2S2. The maximum Gasteiger partial charge on any atom is 0.157 e. The van der Waals surface area contributed by atoms with Crippen molar-refractivity contribution in [3.05, 3.63) is 7.69 Å². The van der Waals surface area contributed by atoms with E-state index in [9.17, 15) is 9.59 Å². The lowest BCUT2D eigenvalue weighted by Gasteiger charge is -1.99. The summed E-state index contributed by atoms with van der Waals surface area (Å²) in [7, 11) is 0. The third-order valence-corrected chi connectivity index (χ3v) is 5.01. The Bertz CT molecular complexity index is 428. The van der Waals surface area contributed by atoms with Crippen molar-refractivity contribution >= 4 is 45.4 Å². The van der Waals surface area contributed by atoms with Crippen LogP contribution in [-0.4, -0.2) is 11.6 Å². The lowest BCUT2D eigenvalue weighted by molar-refractivity contribution is -0.112. The highest BCUT2D eigenvalue weighted by Gasteiger charge is 2.05. The number of rotatable bonds is 2. The van der Waals surface area contributed by atoms with Gasteiger partial charge in [0.25, 0.3) is 0 Å². The van der Waals surface area contributed by atoms with Crippen molar-refractivity contribution in [1.82, 2.24) is 0 Å². The summed E-state index contributed by atoms with van der Waals surface area (Å²) in [5, 5.41) is 0. The van der Waals surface area contributed by atoms with Gasteiger partial charge in [0.05, 0.1) is 7.69 Å². The van der Waals surface area contributed by atoms with Gasteiger partial charge in [-0.15, -0.1) is 22.7 Å². The quantitative estimate of drug-likeness (QED) is 0.765. The summed E-state index contributed by atoms with van der Waals surface area (Å²) in [5.41, 5.74) is 1.58. The maximum absolute atomic E-state index is 11.0. The molecule has 0 amide bonds. The van der Waals surface area contributed by atoms with Gasteiger partial charge in [0.15, 0.2) is 11.6 Å². The molecule has 0 unspecified atom stereocenters. The zero-order valence-electron chi connectivity index (χ0n) is 8.63. The summed E-state index contributed by atoms with van der Waals surface area (Å²) in [4.78, 5) is 22.0. The molecule has 14 heavy (non-hydrogen) atoms. The highest BCUT2D eigenvalue weighted by Crippen LogP contribution is 2.02. The molecule has 1 heterocycles. The minimum absolute atomic E-state index is 0.0968. The van der Waals surface area contributed by atoms with E-state index in [0.29, 0.717) is 0 Å². The van der Waals surface area contributed by atoms with Crippen LogP contribution in [0, 0.1) is 0 Å². The SMILES string of the molecule is CC(=O)C(C)=c1sc(=C(C)C(C)=O)s1. The third kappa shape index (κ3) is 2.19. The van der Waals surface area contributed by atoms with Crippen LogP contribution in [0.5, 0.6) is 0 Å². The van der Waals surface area contributed by atoms with Crippen molar-refractivity contribution in [2.75, 3.05) is 0 Å². The van der Waals surface area contributed by atoms with Crippen molar-refractivity contribution in [2.24, 2.45) is 0 Å². The van der Waals surface area contributed by atoms with Gasteiger partial charge in [0.2, 0.25) is 0 Å². The average Bonchev–Trinajstić information content (AvgIpc) is 2.00. The van der Waals surface area contributed by atoms with E-state index in [1.807, 2.05) is 13.8 Å². The molecule has 1 aromatic heterocycles. The molecule has 0 saturated carbocycles. The molecule has 0 aliphatic carbocycles. The molecule has 0 N–H and O–H groups in total. The van der Waals surface area contributed by atoms with Gasteiger partial charge in [0.1, 0.15) is 0 Å². The summed E-state index contributed by atoms with van der Waals surface area (Å²) < 4.78 is 2.04. The molecule has 0 atom stereocenters. The van der Waals surface area contributed by atoms with Crippen LogP contribution in [0.4, 0.5) is 0 Å². The molecule has 2 nitrogen and oxygen atoms in total. The van der Waals surface area contributed by atoms with Crippen molar-refractivity contribution in [2.45, 2.75) is 27.7 Å². The second-order valence-corrected chi connectivity index (χ2v) is 5.70. The Labute approximate surface area is 90.6 Å². The molecule has 1 rings (SSSR count). The summed E-state index contributed by atoms with van der Waals surface area (Å²) in [6, 6.07) is 0. The first kappa shape index (κ1) is 11.3. The minimum Gasteiger partial charge on any atom is -0.295 e. The molecule has 76 valence electrons. The van der Waals surface area contributed by atoms with Gasteiger partial charge in [-0.3, -0.25) is 9.59 Å². The predicted molar refractivity (Wildman–Crippen MR) is 61.0 cm³/mol. The number of carbonyl (C=O) groups is 2. The van der Waals surface area contributed by atoms with E-state index in [1.165, 1.54) is 22.7 Å². The largest absolute Gasteiger partial charge is 0.295 e. The lowest BCUT2D eigenvalue weighted by atomic mass is 10.2. The Morgan fingerprint density at radius 2 is 1.07 bits per heavy atom. The molecule has 0 bridgehead atoms. The Hall–Kier alpha value is -0.740. The number of Topliss-reactive ketones (excluding diaryl/α,β-unsaturated/α-hetero) is 2. The molecule has 1 aromatic rings. The van der Waals surface area contributed by atoms with Crippen LogP contribution in [0.25, 0.3) is 11.1 Å². The normalized spacial score (nSPS) is 10.0. The van der Waals surface area contributed by atoms with Crippen LogP contribution in [0.2, 0.25) is 0 Å². The predicted octanol–water partition coefficient (Wildman–Crippen LogP) is 1.33. The molecule has 0 radical (unpaired) electrons. The van der Waals surface area contributed by atoms with E-state index in [1.54, 1.807) is 13.8 Å². The molecule has 0 fully saturated rings. The molecule has 0 saturated heterocycles. The van der Waals surface area contributed by atoms with Crippen LogP contribution in [0.1, 0.15) is 27.7 Å². The van der Waals surface area contributed by atoms with E-state index in [0.717, 1.165) is 18.8 Å². The molecule has 0 spiro atoms. The average molecular weight is 228 g/mol. The van der Waals surface area contributed by atoms with Crippen LogP contribution in [0.3, 0.4) is 0 Å². The van der Waals surface area contributed by atoms with Crippen molar-refractivity contribution < 1.29 is 9.59 Å². The monoisotopic (exact) mass is 228 g/mol. The first-order valence-corrected chi connectivity index (χ1v) is 5.86. The third-order valence-electron chi connectivity index (χ3n) is 2.04. The minimum atomic E-state index is 0.0968. The summed E-state index contributed by atoms with van der Waals surface area (Å²) in [6.45, 7) is 6.75. The van der Waals surface area contributed by atoms with Crippen LogP contribution in [-0.2, 0) is 9.59 Å². The van der Waals surface area contributed by atoms with Gasteiger partial charge in [-0.05, 0) is 27.7 Å². The van der Waals surface area contributed by atoms with Crippen molar-refractivity contribution in [3.8, 4) is 0 Å². The van der Waals surface area contributed by atoms with E-state index in [-0.39, 0.29) is 11.6 Å². The van der Waals surface area contributed by atoms with E-state index in [4.69, 9.17) is 0 Å². The van der Waals surface area contributed by atoms with E-state index >= 15 is 0 Å². The number of hydrogen-bond acceptors (Lipinski definition) is 4. The van der Waals surface area contributed by atoms with Gasteiger partial charge >= 0.3 is 0 Å². The zero-order chi connectivity index (χ0) is 10.9. The number of hydrogen-bond donors (Lipinski definition) is 0. The maximum atomic E-state index is 11.0. The first-order chi connectivity index (χ1) is 6.43. The second kappa shape index (κ2) is 4.19. The van der Waals surface area contributed by atoms with Crippen molar-refractivity contribution in [3.63, 3.8) is 0 Å². The summed E-state index contributed by atoms with van der Waals surface area (Å²) >= 11 is 3.05. The topological polar surface area (TPSA) is 34.1 Å². The van der Waals surface area contributed by atoms with Gasteiger partial charge in [0, 0.05) is 11.1 Å². The van der Waals surface area contributed by atoms with E-state index < -0.39 is 0 Å². The highest BCUT2D eigenvalue weighted by molar-refractivity contribution is 7.36. The highest BCUT2D eigenvalue weighted by atomic mass is 32.2. The standard InChI is InChI=1S/C10H12O2S2/c1-5(7(3)11)9-13-10(14-9)6(2)8(4)12/h1-4H3. The summed E-state index contributed by atoms with van der Waals surface area (Å²) in [5.74, 6) is 0.194.